The average molecular weight is 297 g/mol. The molecular weight excluding hydrogens is 274 g/mol. The predicted molar refractivity (Wildman–Crippen MR) is 79.2 cm³/mol. The molecule has 0 aliphatic carbocycles. The van der Waals surface area contributed by atoms with Crippen LogP contribution in [0.3, 0.4) is 0 Å². The fourth-order valence-corrected chi connectivity index (χ4v) is 4.29. The van der Waals surface area contributed by atoms with E-state index in [0.29, 0.717) is 24.3 Å². The minimum absolute atomic E-state index is 0.208. The van der Waals surface area contributed by atoms with E-state index in [1.54, 1.807) is 12.1 Å². The minimum atomic E-state index is -3.48. The molecule has 0 radical (unpaired) electrons. The second kappa shape index (κ2) is 6.24. The summed E-state index contributed by atoms with van der Waals surface area (Å²) in [5, 5.41) is 9.67. The number of benzene rings is 1. The fraction of sp³-hybridized carbons (Fsp3) is 0.600. The molecule has 2 rings (SSSR count). The van der Waals surface area contributed by atoms with Gasteiger partial charge in [-0.1, -0.05) is 19.9 Å². The first-order chi connectivity index (χ1) is 9.48. The molecule has 0 bridgehead atoms. The summed E-state index contributed by atoms with van der Waals surface area (Å²) >= 11 is 0. The van der Waals surface area contributed by atoms with Crippen LogP contribution in [-0.2, 0) is 22.9 Å². The number of aliphatic hydroxyl groups excluding tert-OH is 1. The van der Waals surface area contributed by atoms with Crippen LogP contribution in [0.4, 0.5) is 0 Å². The van der Waals surface area contributed by atoms with Crippen LogP contribution in [0.5, 0.6) is 0 Å². The smallest absolute Gasteiger partial charge is 0.243 e. The SMILES string of the molecule is CCc1ccc(S(=O)(=O)N2CCCC(O)C2)cc1CC. The zero-order chi connectivity index (χ0) is 14.8. The van der Waals surface area contributed by atoms with Gasteiger partial charge in [-0.2, -0.15) is 4.31 Å². The van der Waals surface area contributed by atoms with E-state index in [-0.39, 0.29) is 6.54 Å². The van der Waals surface area contributed by atoms with Crippen molar-refractivity contribution in [2.45, 2.75) is 50.5 Å². The van der Waals surface area contributed by atoms with Crippen molar-refractivity contribution in [2.24, 2.45) is 0 Å². The summed E-state index contributed by atoms with van der Waals surface area (Å²) in [6.07, 6.45) is 2.59. The van der Waals surface area contributed by atoms with E-state index in [1.807, 2.05) is 13.0 Å². The number of hydrogen-bond acceptors (Lipinski definition) is 3. The van der Waals surface area contributed by atoms with E-state index in [9.17, 15) is 13.5 Å². The normalized spacial score (nSPS) is 21.1. The predicted octanol–water partition coefficient (Wildman–Crippen LogP) is 1.96. The molecule has 1 atom stereocenters. The molecule has 0 aromatic heterocycles. The second-order valence-corrected chi connectivity index (χ2v) is 7.23. The van der Waals surface area contributed by atoms with Crippen molar-refractivity contribution in [2.75, 3.05) is 13.1 Å². The first kappa shape index (κ1) is 15.5. The third kappa shape index (κ3) is 3.05. The maximum absolute atomic E-state index is 12.6. The third-order valence-corrected chi connectivity index (χ3v) is 5.80. The van der Waals surface area contributed by atoms with Gasteiger partial charge in [0.1, 0.15) is 0 Å². The number of β-amino-alcohol motifs (C(OH)–C–C–N with tert-alkyl or cyclic N) is 1. The number of aliphatic hydroxyl groups is 1. The van der Waals surface area contributed by atoms with Gasteiger partial charge in [-0.15, -0.1) is 0 Å². The molecular formula is C15H23NO3S. The van der Waals surface area contributed by atoms with Gasteiger partial charge in [0.25, 0.3) is 0 Å². The van der Waals surface area contributed by atoms with Gasteiger partial charge in [-0.3, -0.25) is 0 Å². The zero-order valence-corrected chi connectivity index (χ0v) is 13.0. The average Bonchev–Trinajstić information content (AvgIpc) is 2.46. The van der Waals surface area contributed by atoms with Gasteiger partial charge in [0, 0.05) is 13.1 Å². The number of nitrogens with zero attached hydrogens (tertiary/aromatic N) is 1. The van der Waals surface area contributed by atoms with Gasteiger partial charge in [-0.05, 0) is 48.9 Å². The molecule has 20 heavy (non-hydrogen) atoms. The van der Waals surface area contributed by atoms with Crippen LogP contribution in [0.15, 0.2) is 23.1 Å². The highest BCUT2D eigenvalue weighted by Gasteiger charge is 2.29. The molecule has 1 aliphatic rings. The Morgan fingerprint density at radius 1 is 1.25 bits per heavy atom. The lowest BCUT2D eigenvalue weighted by Gasteiger charge is -2.29. The number of hydrogen-bond donors (Lipinski definition) is 1. The minimum Gasteiger partial charge on any atom is -0.392 e. The molecule has 1 aliphatic heterocycles. The number of piperidine rings is 1. The van der Waals surface area contributed by atoms with Crippen molar-refractivity contribution >= 4 is 10.0 Å². The molecule has 0 amide bonds. The summed E-state index contributed by atoms with van der Waals surface area (Å²) in [6.45, 7) is 4.81. The third-order valence-electron chi connectivity index (χ3n) is 3.94. The van der Waals surface area contributed by atoms with Gasteiger partial charge in [-0.25, -0.2) is 8.42 Å². The Morgan fingerprint density at radius 3 is 2.55 bits per heavy atom. The van der Waals surface area contributed by atoms with Crippen molar-refractivity contribution in [1.29, 1.82) is 0 Å². The van der Waals surface area contributed by atoms with Crippen LogP contribution in [0.25, 0.3) is 0 Å². The molecule has 1 aromatic rings. The standard InChI is InChI=1S/C15H23NO3S/c1-3-12-7-8-15(10-13(12)4-2)20(18,19)16-9-5-6-14(17)11-16/h7-8,10,14,17H,3-6,9,11H2,1-2H3. The first-order valence-corrected chi connectivity index (χ1v) is 8.73. The molecule has 4 nitrogen and oxygen atoms in total. The summed E-state index contributed by atoms with van der Waals surface area (Å²) in [5.74, 6) is 0. The Kier molecular flexibility index (Phi) is 4.83. The summed E-state index contributed by atoms with van der Waals surface area (Å²) in [7, 11) is -3.48. The van der Waals surface area contributed by atoms with Gasteiger partial charge >= 0.3 is 0 Å². The summed E-state index contributed by atoms with van der Waals surface area (Å²) in [4.78, 5) is 0.348. The Bertz CT molecular complexity index is 568. The largest absolute Gasteiger partial charge is 0.392 e. The van der Waals surface area contributed by atoms with Gasteiger partial charge in [0.15, 0.2) is 0 Å². The number of aryl methyl sites for hydroxylation is 2. The van der Waals surface area contributed by atoms with Crippen molar-refractivity contribution in [3.63, 3.8) is 0 Å². The van der Waals surface area contributed by atoms with Crippen LogP contribution < -0.4 is 0 Å². The Labute approximate surface area is 121 Å². The molecule has 1 aromatic carbocycles. The molecule has 112 valence electrons. The highest BCUT2D eigenvalue weighted by molar-refractivity contribution is 7.89. The molecule has 1 N–H and O–H groups in total. The highest BCUT2D eigenvalue weighted by Crippen LogP contribution is 2.23. The van der Waals surface area contributed by atoms with E-state index in [0.717, 1.165) is 18.4 Å². The van der Waals surface area contributed by atoms with Crippen LogP contribution in [0, 0.1) is 0 Å². The lowest BCUT2D eigenvalue weighted by atomic mass is 10.0. The first-order valence-electron chi connectivity index (χ1n) is 7.29. The number of sulfonamides is 1. The maximum atomic E-state index is 12.6. The molecule has 0 saturated carbocycles. The molecule has 0 spiro atoms. The summed E-state index contributed by atoms with van der Waals surface area (Å²) < 4.78 is 26.6. The molecule has 1 fully saturated rings. The molecule has 5 heteroatoms. The van der Waals surface area contributed by atoms with Gasteiger partial charge in [0.05, 0.1) is 11.0 Å². The fourth-order valence-electron chi connectivity index (χ4n) is 2.73. The Balaban J connectivity index is 2.34. The molecule has 1 saturated heterocycles. The van der Waals surface area contributed by atoms with E-state index < -0.39 is 16.1 Å². The second-order valence-electron chi connectivity index (χ2n) is 5.30. The quantitative estimate of drug-likeness (QED) is 0.924. The Morgan fingerprint density at radius 2 is 1.95 bits per heavy atom. The summed E-state index contributed by atoms with van der Waals surface area (Å²) in [5.41, 5.74) is 2.29. The van der Waals surface area contributed by atoms with E-state index in [4.69, 9.17) is 0 Å². The summed E-state index contributed by atoms with van der Waals surface area (Å²) in [6, 6.07) is 5.38. The van der Waals surface area contributed by atoms with Crippen LogP contribution >= 0.6 is 0 Å². The van der Waals surface area contributed by atoms with Crippen molar-refractivity contribution in [3.8, 4) is 0 Å². The lowest BCUT2D eigenvalue weighted by Crippen LogP contribution is -2.42. The van der Waals surface area contributed by atoms with Crippen LogP contribution in [0.2, 0.25) is 0 Å². The van der Waals surface area contributed by atoms with Crippen LogP contribution in [0.1, 0.15) is 37.8 Å². The maximum Gasteiger partial charge on any atom is 0.243 e. The zero-order valence-electron chi connectivity index (χ0n) is 12.2. The molecule has 1 unspecified atom stereocenters. The highest BCUT2D eigenvalue weighted by atomic mass is 32.2. The van der Waals surface area contributed by atoms with Gasteiger partial charge < -0.3 is 5.11 Å². The number of rotatable bonds is 4. The van der Waals surface area contributed by atoms with E-state index in [2.05, 4.69) is 6.92 Å². The van der Waals surface area contributed by atoms with E-state index in [1.165, 1.54) is 9.87 Å². The van der Waals surface area contributed by atoms with Crippen molar-refractivity contribution in [3.05, 3.63) is 29.3 Å². The van der Waals surface area contributed by atoms with E-state index >= 15 is 0 Å². The van der Waals surface area contributed by atoms with Gasteiger partial charge in [0.2, 0.25) is 10.0 Å². The van der Waals surface area contributed by atoms with Crippen molar-refractivity contribution < 1.29 is 13.5 Å². The molecule has 1 heterocycles. The lowest BCUT2D eigenvalue weighted by molar-refractivity contribution is 0.108. The van der Waals surface area contributed by atoms with Crippen LogP contribution in [-0.4, -0.2) is 37.0 Å². The Hall–Kier alpha value is -0.910. The monoisotopic (exact) mass is 297 g/mol. The topological polar surface area (TPSA) is 57.6 Å². The van der Waals surface area contributed by atoms with Crippen molar-refractivity contribution in [1.82, 2.24) is 4.31 Å².